The molecule has 6 heteroatoms. The molecule has 3 atom stereocenters. The van der Waals surface area contributed by atoms with E-state index in [9.17, 15) is 9.90 Å². The van der Waals surface area contributed by atoms with Crippen molar-refractivity contribution in [2.45, 2.75) is 63.8 Å². The zero-order chi connectivity index (χ0) is 24.4. The number of aliphatic hydroxyl groups is 1. The number of carbonyl (C=O) groups is 1. The Morgan fingerprint density at radius 3 is 2.18 bits per heavy atom. The van der Waals surface area contributed by atoms with Crippen LogP contribution in [-0.2, 0) is 17.6 Å². The van der Waals surface area contributed by atoms with Gasteiger partial charge in [0.25, 0.3) is 0 Å². The van der Waals surface area contributed by atoms with Gasteiger partial charge in [-0.2, -0.15) is 0 Å². The SMILES string of the molecule is CC(C)(C)OC(=O)N[C@@H](Cc1ccccc1)[C@H](O)C[C@H](Cc1ccccc1)N=Cc1ccc[nH]1. The van der Waals surface area contributed by atoms with Crippen LogP contribution < -0.4 is 5.32 Å². The van der Waals surface area contributed by atoms with E-state index in [1.165, 1.54) is 0 Å². The maximum absolute atomic E-state index is 12.5. The number of aliphatic hydroxyl groups excluding tert-OH is 1. The van der Waals surface area contributed by atoms with Gasteiger partial charge in [0.1, 0.15) is 5.60 Å². The molecule has 3 N–H and O–H groups in total. The summed E-state index contributed by atoms with van der Waals surface area (Å²) in [5.74, 6) is 0. The molecule has 1 heterocycles. The molecule has 0 unspecified atom stereocenters. The van der Waals surface area contributed by atoms with Crippen LogP contribution in [0.4, 0.5) is 4.79 Å². The van der Waals surface area contributed by atoms with Gasteiger partial charge in [-0.05, 0) is 63.3 Å². The standard InChI is InChI=1S/C28H35N3O3/c1-28(2,3)34-27(33)31-25(18-22-13-8-5-9-14-22)26(32)19-24(17-21-11-6-4-7-12-21)30-20-23-15-10-16-29-23/h4-16,20,24-26,29,32H,17-19H2,1-3H3,(H,31,33)/t24-,25-,26+/m0/s1. The molecule has 0 aliphatic heterocycles. The number of nitrogens with zero attached hydrogens (tertiary/aromatic N) is 1. The number of aliphatic imine (C=N–C) groups is 1. The zero-order valence-corrected chi connectivity index (χ0v) is 20.1. The van der Waals surface area contributed by atoms with E-state index in [1.807, 2.05) is 87.6 Å². The second-order valence-corrected chi connectivity index (χ2v) is 9.49. The molecule has 180 valence electrons. The van der Waals surface area contributed by atoms with E-state index >= 15 is 0 Å². The average molecular weight is 462 g/mol. The van der Waals surface area contributed by atoms with Gasteiger partial charge < -0.3 is 20.1 Å². The fourth-order valence-corrected chi connectivity index (χ4v) is 3.75. The monoisotopic (exact) mass is 461 g/mol. The minimum absolute atomic E-state index is 0.167. The molecule has 0 saturated heterocycles. The largest absolute Gasteiger partial charge is 0.444 e. The number of hydrogen-bond acceptors (Lipinski definition) is 4. The Morgan fingerprint density at radius 2 is 1.62 bits per heavy atom. The third-order valence-corrected chi connectivity index (χ3v) is 5.34. The lowest BCUT2D eigenvalue weighted by Gasteiger charge is -2.28. The summed E-state index contributed by atoms with van der Waals surface area (Å²) in [6, 6.07) is 23.1. The molecular formula is C28H35N3O3. The van der Waals surface area contributed by atoms with E-state index in [0.29, 0.717) is 19.3 Å². The van der Waals surface area contributed by atoms with E-state index in [0.717, 1.165) is 16.8 Å². The van der Waals surface area contributed by atoms with Crippen LogP contribution in [0.15, 0.2) is 84.0 Å². The van der Waals surface area contributed by atoms with Crippen molar-refractivity contribution in [2.24, 2.45) is 4.99 Å². The van der Waals surface area contributed by atoms with Crippen molar-refractivity contribution in [3.05, 3.63) is 95.8 Å². The van der Waals surface area contributed by atoms with Gasteiger partial charge in [0.2, 0.25) is 0 Å². The molecule has 6 nitrogen and oxygen atoms in total. The number of ether oxygens (including phenoxy) is 1. The summed E-state index contributed by atoms with van der Waals surface area (Å²) < 4.78 is 5.46. The number of aromatic amines is 1. The molecule has 0 spiro atoms. The third kappa shape index (κ3) is 8.87. The summed E-state index contributed by atoms with van der Waals surface area (Å²) in [5.41, 5.74) is 2.45. The number of nitrogens with one attached hydrogen (secondary N) is 2. The Bertz CT molecular complexity index is 1010. The Hall–Kier alpha value is -3.38. The van der Waals surface area contributed by atoms with Crippen LogP contribution in [0.3, 0.4) is 0 Å². The van der Waals surface area contributed by atoms with Gasteiger partial charge >= 0.3 is 6.09 Å². The van der Waals surface area contributed by atoms with Crippen LogP contribution in [0.5, 0.6) is 0 Å². The van der Waals surface area contributed by atoms with Gasteiger partial charge in [-0.3, -0.25) is 4.99 Å². The molecule has 2 aromatic carbocycles. The minimum atomic E-state index is -0.817. The normalized spacial score (nSPS) is 14.5. The quantitative estimate of drug-likeness (QED) is 0.374. The first-order valence-electron chi connectivity index (χ1n) is 11.7. The second-order valence-electron chi connectivity index (χ2n) is 9.49. The van der Waals surface area contributed by atoms with Gasteiger partial charge in [-0.1, -0.05) is 60.7 Å². The lowest BCUT2D eigenvalue weighted by atomic mass is 9.94. The van der Waals surface area contributed by atoms with E-state index in [2.05, 4.69) is 22.4 Å². The average Bonchev–Trinajstić information content (AvgIpc) is 3.31. The highest BCUT2D eigenvalue weighted by molar-refractivity contribution is 5.77. The molecule has 3 aromatic rings. The highest BCUT2D eigenvalue weighted by Gasteiger charge is 2.27. The molecule has 0 saturated carbocycles. The van der Waals surface area contributed by atoms with Crippen molar-refractivity contribution in [1.29, 1.82) is 0 Å². The van der Waals surface area contributed by atoms with Crippen LogP contribution >= 0.6 is 0 Å². The topological polar surface area (TPSA) is 86.7 Å². The Kier molecular flexibility index (Phi) is 9.05. The molecule has 0 bridgehead atoms. The lowest BCUT2D eigenvalue weighted by molar-refractivity contribution is 0.0406. The zero-order valence-electron chi connectivity index (χ0n) is 20.1. The van der Waals surface area contributed by atoms with E-state index in [1.54, 1.807) is 6.21 Å². The first-order valence-corrected chi connectivity index (χ1v) is 11.7. The van der Waals surface area contributed by atoms with Gasteiger partial charge in [0.05, 0.1) is 23.9 Å². The van der Waals surface area contributed by atoms with Gasteiger partial charge in [-0.25, -0.2) is 4.79 Å². The van der Waals surface area contributed by atoms with Crippen LogP contribution in [0, 0.1) is 0 Å². The summed E-state index contributed by atoms with van der Waals surface area (Å²) in [5, 5.41) is 14.2. The highest BCUT2D eigenvalue weighted by Crippen LogP contribution is 2.17. The fraction of sp³-hybridized carbons (Fsp3) is 0.357. The summed E-state index contributed by atoms with van der Waals surface area (Å²) >= 11 is 0. The number of aromatic nitrogens is 1. The van der Waals surface area contributed by atoms with Crippen molar-refractivity contribution in [2.75, 3.05) is 0 Å². The third-order valence-electron chi connectivity index (χ3n) is 5.34. The summed E-state index contributed by atoms with van der Waals surface area (Å²) in [4.78, 5) is 20.4. The highest BCUT2D eigenvalue weighted by atomic mass is 16.6. The Morgan fingerprint density at radius 1 is 1.00 bits per heavy atom. The van der Waals surface area contributed by atoms with E-state index in [4.69, 9.17) is 9.73 Å². The van der Waals surface area contributed by atoms with E-state index < -0.39 is 23.8 Å². The number of amides is 1. The Balaban J connectivity index is 1.77. The van der Waals surface area contributed by atoms with Crippen molar-refractivity contribution >= 4 is 12.3 Å². The predicted molar refractivity (Wildman–Crippen MR) is 136 cm³/mol. The fourth-order valence-electron chi connectivity index (χ4n) is 3.75. The summed E-state index contributed by atoms with van der Waals surface area (Å²) in [7, 11) is 0. The van der Waals surface area contributed by atoms with Crippen LogP contribution in [0.2, 0.25) is 0 Å². The van der Waals surface area contributed by atoms with Gasteiger partial charge in [0, 0.05) is 12.4 Å². The van der Waals surface area contributed by atoms with E-state index in [-0.39, 0.29) is 6.04 Å². The Labute approximate surface area is 202 Å². The van der Waals surface area contributed by atoms with Crippen LogP contribution in [0.1, 0.15) is 44.0 Å². The molecule has 3 rings (SSSR count). The first kappa shape index (κ1) is 25.2. The predicted octanol–water partition coefficient (Wildman–Crippen LogP) is 4.93. The molecule has 34 heavy (non-hydrogen) atoms. The number of hydrogen-bond donors (Lipinski definition) is 3. The number of alkyl carbamates (subject to hydrolysis) is 1. The lowest BCUT2D eigenvalue weighted by Crippen LogP contribution is -2.47. The van der Waals surface area contributed by atoms with Crippen molar-refractivity contribution < 1.29 is 14.6 Å². The number of rotatable bonds is 10. The molecule has 0 radical (unpaired) electrons. The molecule has 1 amide bonds. The van der Waals surface area contributed by atoms with Gasteiger partial charge in [-0.15, -0.1) is 0 Å². The molecule has 0 aliphatic carbocycles. The smallest absolute Gasteiger partial charge is 0.407 e. The summed E-state index contributed by atoms with van der Waals surface area (Å²) in [6.45, 7) is 5.46. The van der Waals surface area contributed by atoms with Crippen molar-refractivity contribution in [3.63, 3.8) is 0 Å². The summed E-state index contributed by atoms with van der Waals surface area (Å²) in [6.07, 6.45) is 3.85. The molecule has 0 fully saturated rings. The van der Waals surface area contributed by atoms with Crippen molar-refractivity contribution in [3.8, 4) is 0 Å². The molecule has 0 aliphatic rings. The number of H-pyrrole nitrogens is 1. The second kappa shape index (κ2) is 12.2. The molecule has 1 aromatic heterocycles. The minimum Gasteiger partial charge on any atom is -0.444 e. The maximum Gasteiger partial charge on any atom is 0.407 e. The van der Waals surface area contributed by atoms with Crippen molar-refractivity contribution in [1.82, 2.24) is 10.3 Å². The first-order chi connectivity index (χ1) is 16.3. The number of benzene rings is 2. The van der Waals surface area contributed by atoms with Crippen LogP contribution in [0.25, 0.3) is 0 Å². The van der Waals surface area contributed by atoms with Crippen LogP contribution in [-0.4, -0.2) is 46.2 Å². The maximum atomic E-state index is 12.5. The van der Waals surface area contributed by atoms with Gasteiger partial charge in [0.15, 0.2) is 0 Å². The molecular weight excluding hydrogens is 426 g/mol. The number of carbonyl (C=O) groups excluding carboxylic acids is 1.